The number of aromatic nitrogens is 2. The lowest BCUT2D eigenvalue weighted by Crippen LogP contribution is -2.50. The first-order valence-corrected chi connectivity index (χ1v) is 11.9. The van der Waals surface area contributed by atoms with Crippen molar-refractivity contribution in [3.63, 3.8) is 0 Å². The number of oxime groups is 1. The summed E-state index contributed by atoms with van der Waals surface area (Å²) in [7, 11) is 0. The van der Waals surface area contributed by atoms with E-state index in [9.17, 15) is 4.79 Å². The average Bonchev–Trinajstić information content (AvgIpc) is 3.35. The van der Waals surface area contributed by atoms with Crippen molar-refractivity contribution in [3.05, 3.63) is 23.4 Å². The zero-order valence-corrected chi connectivity index (χ0v) is 18.7. The quantitative estimate of drug-likeness (QED) is 0.564. The van der Waals surface area contributed by atoms with E-state index in [4.69, 9.17) is 15.1 Å². The Balaban J connectivity index is 1.24. The highest BCUT2D eigenvalue weighted by atomic mass is 16.6. The fourth-order valence-electron chi connectivity index (χ4n) is 7.15. The van der Waals surface area contributed by atoms with Crippen LogP contribution in [0, 0.1) is 28.6 Å². The Bertz CT molecular complexity index is 922. The number of carbonyl (C=O) groups is 1. The average molecular weight is 427 g/mol. The second-order valence-corrected chi connectivity index (χ2v) is 10.4. The number of hydrogen-bond donors (Lipinski definition) is 1. The van der Waals surface area contributed by atoms with Crippen molar-refractivity contribution in [2.24, 2.45) is 39.5 Å². The lowest BCUT2D eigenvalue weighted by molar-refractivity contribution is -0.132. The van der Waals surface area contributed by atoms with E-state index in [0.717, 1.165) is 44.2 Å². The predicted molar refractivity (Wildman–Crippen MR) is 116 cm³/mol. The second kappa shape index (κ2) is 7.84. The lowest BCUT2D eigenvalue weighted by Gasteiger charge is -2.57. The fraction of sp³-hybridized carbons (Fsp3) is 0.750. The van der Waals surface area contributed by atoms with Gasteiger partial charge in [0.1, 0.15) is 12.4 Å². The highest BCUT2D eigenvalue weighted by molar-refractivity contribution is 5.96. The molecule has 0 aliphatic heterocycles. The molecule has 0 bridgehead atoms. The molecule has 168 valence electrons. The standard InChI is InChI=1S/C24H34N4O3/c1-23-10-7-16(27-30-12-9-22-26-21(14-25)28-31-22)13-15(23)3-4-17-18-5-6-20(29)24(18,2)11-8-19(17)23/h13,17-19H,3-12,14,25H2,1-2H3. The molecule has 1 aromatic heterocycles. The smallest absolute Gasteiger partial charge is 0.230 e. The summed E-state index contributed by atoms with van der Waals surface area (Å²) in [6.45, 7) is 5.41. The normalized spacial score (nSPS) is 38.4. The van der Waals surface area contributed by atoms with Gasteiger partial charge in [-0.15, -0.1) is 0 Å². The van der Waals surface area contributed by atoms with Gasteiger partial charge in [0.2, 0.25) is 5.89 Å². The first kappa shape index (κ1) is 20.9. The van der Waals surface area contributed by atoms with Crippen LogP contribution in [0.4, 0.5) is 0 Å². The van der Waals surface area contributed by atoms with Crippen LogP contribution in [0.1, 0.15) is 76.9 Å². The maximum atomic E-state index is 12.6. The molecule has 1 heterocycles. The van der Waals surface area contributed by atoms with Crippen LogP contribution in [-0.4, -0.2) is 28.2 Å². The Morgan fingerprint density at radius 3 is 2.81 bits per heavy atom. The van der Waals surface area contributed by atoms with E-state index in [1.165, 1.54) is 12.8 Å². The molecule has 7 heteroatoms. The first-order valence-electron chi connectivity index (χ1n) is 11.9. The molecule has 5 unspecified atom stereocenters. The van der Waals surface area contributed by atoms with Gasteiger partial charge in [0, 0.05) is 11.8 Å². The minimum absolute atomic E-state index is 0.0445. The fourth-order valence-corrected chi connectivity index (χ4v) is 7.15. The van der Waals surface area contributed by atoms with Crippen molar-refractivity contribution >= 4 is 11.5 Å². The van der Waals surface area contributed by atoms with Gasteiger partial charge >= 0.3 is 0 Å². The summed E-state index contributed by atoms with van der Waals surface area (Å²) in [4.78, 5) is 22.3. The van der Waals surface area contributed by atoms with Crippen LogP contribution >= 0.6 is 0 Å². The van der Waals surface area contributed by atoms with Crippen molar-refractivity contribution in [1.29, 1.82) is 0 Å². The third kappa shape index (κ3) is 3.45. The highest BCUT2D eigenvalue weighted by Crippen LogP contribution is 2.64. The van der Waals surface area contributed by atoms with E-state index in [2.05, 4.69) is 35.2 Å². The van der Waals surface area contributed by atoms with Crippen LogP contribution in [0.15, 0.2) is 21.3 Å². The van der Waals surface area contributed by atoms with E-state index < -0.39 is 0 Å². The molecule has 0 spiro atoms. The number of allylic oxidation sites excluding steroid dienone is 2. The summed E-state index contributed by atoms with van der Waals surface area (Å²) < 4.78 is 5.12. The molecule has 7 nitrogen and oxygen atoms in total. The van der Waals surface area contributed by atoms with E-state index in [0.29, 0.717) is 48.3 Å². The highest BCUT2D eigenvalue weighted by Gasteiger charge is 2.58. The Kier molecular flexibility index (Phi) is 5.27. The Labute approximate surface area is 183 Å². The van der Waals surface area contributed by atoms with Gasteiger partial charge < -0.3 is 15.1 Å². The van der Waals surface area contributed by atoms with Crippen molar-refractivity contribution in [3.8, 4) is 0 Å². The summed E-state index contributed by atoms with van der Waals surface area (Å²) in [5.41, 5.74) is 8.28. The van der Waals surface area contributed by atoms with Gasteiger partial charge in [-0.2, -0.15) is 4.98 Å². The molecule has 5 atom stereocenters. The minimum atomic E-state index is -0.0445. The molecule has 0 amide bonds. The molecular weight excluding hydrogens is 392 g/mol. The number of fused-ring (bicyclic) bond motifs is 5. The maximum absolute atomic E-state index is 12.6. The number of ketones is 1. The molecule has 0 radical (unpaired) electrons. The predicted octanol–water partition coefficient (Wildman–Crippen LogP) is 3.98. The third-order valence-corrected chi connectivity index (χ3v) is 8.97. The second-order valence-electron chi connectivity index (χ2n) is 10.4. The van der Waals surface area contributed by atoms with Gasteiger partial charge in [0.05, 0.1) is 18.7 Å². The van der Waals surface area contributed by atoms with Gasteiger partial charge in [-0.25, -0.2) is 0 Å². The molecular formula is C24H34N4O3. The molecule has 31 heavy (non-hydrogen) atoms. The Morgan fingerprint density at radius 2 is 2.00 bits per heavy atom. The topological polar surface area (TPSA) is 104 Å². The lowest BCUT2D eigenvalue weighted by atomic mass is 9.47. The molecule has 1 aromatic rings. The van der Waals surface area contributed by atoms with Crippen molar-refractivity contribution in [2.45, 2.75) is 78.2 Å². The van der Waals surface area contributed by atoms with Gasteiger partial charge in [0.15, 0.2) is 5.82 Å². The number of hydrogen-bond acceptors (Lipinski definition) is 7. The van der Waals surface area contributed by atoms with E-state index >= 15 is 0 Å². The van der Waals surface area contributed by atoms with Crippen LogP contribution in [0.2, 0.25) is 0 Å². The number of carbonyl (C=O) groups excluding carboxylic acids is 1. The van der Waals surface area contributed by atoms with E-state index in [1.807, 2.05) is 0 Å². The maximum Gasteiger partial charge on any atom is 0.230 e. The summed E-state index contributed by atoms with van der Waals surface area (Å²) in [6, 6.07) is 0. The number of rotatable bonds is 5. The molecule has 0 aromatic carbocycles. The van der Waals surface area contributed by atoms with Gasteiger partial charge in [-0.1, -0.05) is 29.7 Å². The molecule has 4 aliphatic carbocycles. The Hall–Kier alpha value is -2.02. The van der Waals surface area contributed by atoms with Crippen LogP contribution < -0.4 is 5.73 Å². The van der Waals surface area contributed by atoms with Crippen molar-refractivity contribution in [2.75, 3.05) is 6.61 Å². The first-order chi connectivity index (χ1) is 14.9. The molecule has 5 rings (SSSR count). The van der Waals surface area contributed by atoms with Gasteiger partial charge in [0.25, 0.3) is 0 Å². The van der Waals surface area contributed by atoms with E-state index in [-0.39, 0.29) is 17.4 Å². The number of nitrogens with two attached hydrogens (primary N) is 1. The van der Waals surface area contributed by atoms with Gasteiger partial charge in [-0.3, -0.25) is 4.79 Å². The summed E-state index contributed by atoms with van der Waals surface area (Å²) in [5.74, 6) is 3.57. The minimum Gasteiger partial charge on any atom is -0.395 e. The monoisotopic (exact) mass is 426 g/mol. The zero-order chi connectivity index (χ0) is 21.6. The molecule has 3 fully saturated rings. The molecule has 3 saturated carbocycles. The largest absolute Gasteiger partial charge is 0.395 e. The van der Waals surface area contributed by atoms with Crippen molar-refractivity contribution in [1.82, 2.24) is 10.1 Å². The third-order valence-electron chi connectivity index (χ3n) is 8.97. The zero-order valence-electron chi connectivity index (χ0n) is 18.7. The van der Waals surface area contributed by atoms with E-state index in [1.54, 1.807) is 5.57 Å². The van der Waals surface area contributed by atoms with Crippen molar-refractivity contribution < 1.29 is 14.2 Å². The van der Waals surface area contributed by atoms with Crippen LogP contribution in [-0.2, 0) is 22.6 Å². The number of nitrogens with zero attached hydrogens (tertiary/aromatic N) is 3. The summed E-state index contributed by atoms with van der Waals surface area (Å²) >= 11 is 0. The SMILES string of the molecule is CC12CCC3C(CCC4=CC(=NOCCc5nc(CN)no5)CCC43C)C1CCC2=O. The number of Topliss-reactive ketones (excluding diaryl/α,β-unsaturated/α-hetero) is 1. The van der Waals surface area contributed by atoms with Crippen LogP contribution in [0.3, 0.4) is 0 Å². The van der Waals surface area contributed by atoms with Crippen LogP contribution in [0.5, 0.6) is 0 Å². The molecule has 2 N–H and O–H groups in total. The molecule has 0 saturated heterocycles. The Morgan fingerprint density at radius 1 is 1.16 bits per heavy atom. The van der Waals surface area contributed by atoms with Crippen LogP contribution in [0.25, 0.3) is 0 Å². The van der Waals surface area contributed by atoms with Gasteiger partial charge in [-0.05, 0) is 74.2 Å². The summed E-state index contributed by atoms with van der Waals surface area (Å²) in [5, 5.41) is 8.19. The summed E-state index contributed by atoms with van der Waals surface area (Å²) in [6.07, 6.45) is 11.4. The molecule has 4 aliphatic rings.